The summed E-state index contributed by atoms with van der Waals surface area (Å²) in [6.45, 7) is 1.92. The van der Waals surface area contributed by atoms with Crippen molar-refractivity contribution in [2.45, 2.75) is 37.7 Å². The fraction of sp³-hybridized carbons (Fsp3) is 0.381. The van der Waals surface area contributed by atoms with Crippen molar-refractivity contribution in [2.24, 2.45) is 0 Å². The van der Waals surface area contributed by atoms with Gasteiger partial charge in [0.15, 0.2) is 11.6 Å². The van der Waals surface area contributed by atoms with Crippen molar-refractivity contribution >= 4 is 23.8 Å². The predicted molar refractivity (Wildman–Crippen MR) is 110 cm³/mol. The number of aromatic amines is 1. The van der Waals surface area contributed by atoms with E-state index in [1.165, 1.54) is 18.5 Å². The van der Waals surface area contributed by atoms with Crippen LogP contribution in [-0.2, 0) is 0 Å². The highest BCUT2D eigenvalue weighted by molar-refractivity contribution is 5.65. The van der Waals surface area contributed by atoms with E-state index in [2.05, 4.69) is 30.8 Å². The zero-order chi connectivity index (χ0) is 19.5. The largest absolute Gasteiger partial charge is 0.474 e. The minimum absolute atomic E-state index is 0.160. The van der Waals surface area contributed by atoms with Gasteiger partial charge >= 0.3 is 0 Å². The molecule has 4 heterocycles. The average molecular weight is 392 g/mol. The van der Waals surface area contributed by atoms with Crippen molar-refractivity contribution in [3.05, 3.63) is 47.8 Å². The fourth-order valence-corrected chi connectivity index (χ4v) is 3.40. The Balaban J connectivity index is 1.38. The van der Waals surface area contributed by atoms with Crippen molar-refractivity contribution in [1.82, 2.24) is 25.5 Å². The summed E-state index contributed by atoms with van der Waals surface area (Å²) in [5, 5.41) is 14.1. The zero-order valence-corrected chi connectivity index (χ0v) is 16.1. The van der Waals surface area contributed by atoms with Gasteiger partial charge in [-0.2, -0.15) is 10.1 Å². The Labute approximate surface area is 168 Å². The summed E-state index contributed by atoms with van der Waals surface area (Å²) in [6.07, 6.45) is 9.85. The van der Waals surface area contributed by atoms with Crippen LogP contribution in [0.25, 0.3) is 12.2 Å². The summed E-state index contributed by atoms with van der Waals surface area (Å²) < 4.78 is 11.5. The zero-order valence-electron chi connectivity index (χ0n) is 16.1. The Morgan fingerprint density at radius 2 is 1.97 bits per heavy atom. The third-order valence-electron chi connectivity index (χ3n) is 5.10. The van der Waals surface area contributed by atoms with Crippen molar-refractivity contribution in [3.8, 4) is 5.88 Å². The Kier molecular flexibility index (Phi) is 5.00. The Hall–Kier alpha value is -3.13. The molecule has 2 fully saturated rings. The summed E-state index contributed by atoms with van der Waals surface area (Å²) >= 11 is 0. The molecular weight excluding hydrogens is 368 g/mol. The highest BCUT2D eigenvalue weighted by Crippen LogP contribution is 2.39. The van der Waals surface area contributed by atoms with Crippen LogP contribution in [0.15, 0.2) is 34.9 Å². The number of aromatic nitrogens is 4. The van der Waals surface area contributed by atoms with Gasteiger partial charge in [-0.1, -0.05) is 0 Å². The Bertz CT molecular complexity index is 971. The molecule has 29 heavy (non-hydrogen) atoms. The lowest BCUT2D eigenvalue weighted by atomic mass is 10.1. The van der Waals surface area contributed by atoms with Crippen LogP contribution in [0.2, 0.25) is 0 Å². The average Bonchev–Trinajstić information content (AvgIpc) is 3.25. The number of hydrogen-bond acceptors (Lipinski definition) is 7. The smallest absolute Gasteiger partial charge is 0.219 e. The minimum atomic E-state index is 0.160. The van der Waals surface area contributed by atoms with Crippen LogP contribution in [0.5, 0.6) is 5.88 Å². The van der Waals surface area contributed by atoms with E-state index in [4.69, 9.17) is 9.15 Å². The topological polar surface area (TPSA) is 101 Å². The third-order valence-corrected chi connectivity index (χ3v) is 5.10. The highest BCUT2D eigenvalue weighted by atomic mass is 16.5. The van der Waals surface area contributed by atoms with E-state index in [0.29, 0.717) is 23.4 Å². The first kappa shape index (κ1) is 17.9. The van der Waals surface area contributed by atoms with Gasteiger partial charge < -0.3 is 19.8 Å². The van der Waals surface area contributed by atoms with E-state index in [-0.39, 0.29) is 6.10 Å². The van der Waals surface area contributed by atoms with Crippen LogP contribution < -0.4 is 15.4 Å². The molecule has 1 saturated carbocycles. The number of piperidine rings is 1. The second-order valence-corrected chi connectivity index (χ2v) is 7.47. The Morgan fingerprint density at radius 1 is 1.07 bits per heavy atom. The van der Waals surface area contributed by atoms with Crippen LogP contribution >= 0.6 is 0 Å². The molecule has 3 N–H and O–H groups in total. The Morgan fingerprint density at radius 3 is 2.76 bits per heavy atom. The molecule has 0 unspecified atom stereocenters. The molecule has 1 saturated heterocycles. The van der Waals surface area contributed by atoms with Gasteiger partial charge in [0, 0.05) is 23.7 Å². The standard InChI is InChI=1S/C21H24N6O2/c1-2-15(28-11-1)5-6-18-23-19(24-20-12-17(26-27-20)14-3-4-14)13-21(25-18)29-16-7-9-22-10-8-16/h1-2,5-6,11-14,16,22H,3-4,7-10H2,(H2,23,24,25,26,27)/b6-5+. The molecular formula is C21H24N6O2. The number of anilines is 2. The minimum Gasteiger partial charge on any atom is -0.474 e. The van der Waals surface area contributed by atoms with Crippen LogP contribution in [-0.4, -0.2) is 39.4 Å². The molecule has 3 aromatic heterocycles. The lowest BCUT2D eigenvalue weighted by molar-refractivity contribution is 0.155. The summed E-state index contributed by atoms with van der Waals surface area (Å²) in [6, 6.07) is 7.61. The summed E-state index contributed by atoms with van der Waals surface area (Å²) in [5.41, 5.74) is 1.17. The van der Waals surface area contributed by atoms with Crippen molar-refractivity contribution in [1.29, 1.82) is 0 Å². The predicted octanol–water partition coefficient (Wildman–Crippen LogP) is 3.71. The quantitative estimate of drug-likeness (QED) is 0.563. The second kappa shape index (κ2) is 8.08. The molecule has 2 aliphatic rings. The first-order chi connectivity index (χ1) is 14.3. The van der Waals surface area contributed by atoms with Gasteiger partial charge in [-0.25, -0.2) is 4.98 Å². The number of ether oxygens (including phenoxy) is 1. The molecule has 0 bridgehead atoms. The highest BCUT2D eigenvalue weighted by Gasteiger charge is 2.25. The summed E-state index contributed by atoms with van der Waals surface area (Å²) in [5.74, 6) is 3.87. The molecule has 3 aromatic rings. The number of rotatable bonds is 7. The first-order valence-electron chi connectivity index (χ1n) is 10.1. The van der Waals surface area contributed by atoms with Gasteiger partial charge in [-0.05, 0) is 63.1 Å². The van der Waals surface area contributed by atoms with E-state index in [0.717, 1.165) is 37.5 Å². The van der Waals surface area contributed by atoms with E-state index in [1.807, 2.05) is 36.4 Å². The van der Waals surface area contributed by atoms with Crippen LogP contribution in [0.3, 0.4) is 0 Å². The molecule has 8 heteroatoms. The summed E-state index contributed by atoms with van der Waals surface area (Å²) in [4.78, 5) is 9.16. The van der Waals surface area contributed by atoms with Crippen molar-refractivity contribution < 1.29 is 9.15 Å². The molecule has 0 radical (unpaired) electrons. The summed E-state index contributed by atoms with van der Waals surface area (Å²) in [7, 11) is 0. The van der Waals surface area contributed by atoms with Crippen molar-refractivity contribution in [2.75, 3.05) is 18.4 Å². The molecule has 0 spiro atoms. The fourth-order valence-electron chi connectivity index (χ4n) is 3.40. The molecule has 1 aliphatic carbocycles. The molecule has 0 aromatic carbocycles. The number of nitrogens with one attached hydrogen (secondary N) is 3. The normalized spacial score (nSPS) is 17.7. The first-order valence-corrected chi connectivity index (χ1v) is 10.1. The van der Waals surface area contributed by atoms with E-state index in [9.17, 15) is 0 Å². The van der Waals surface area contributed by atoms with Gasteiger partial charge in [0.25, 0.3) is 0 Å². The van der Waals surface area contributed by atoms with Crippen LogP contribution in [0, 0.1) is 0 Å². The van der Waals surface area contributed by atoms with E-state index in [1.54, 1.807) is 6.26 Å². The number of nitrogens with zero attached hydrogens (tertiary/aromatic N) is 3. The maximum absolute atomic E-state index is 6.15. The van der Waals surface area contributed by atoms with Crippen LogP contribution in [0.4, 0.5) is 11.6 Å². The van der Waals surface area contributed by atoms with Crippen LogP contribution in [0.1, 0.15) is 48.9 Å². The maximum Gasteiger partial charge on any atom is 0.219 e. The SMILES string of the molecule is C(=C\c1ccco1)/c1nc(Nc2cc(C3CC3)[nH]n2)cc(OC2CCNCC2)n1. The lowest BCUT2D eigenvalue weighted by Crippen LogP contribution is -2.34. The third kappa shape index (κ3) is 4.65. The van der Waals surface area contributed by atoms with Gasteiger partial charge in [0.1, 0.15) is 17.7 Å². The number of furan rings is 1. The number of H-pyrrole nitrogens is 1. The van der Waals surface area contributed by atoms with Gasteiger partial charge in [0.2, 0.25) is 5.88 Å². The maximum atomic E-state index is 6.15. The van der Waals surface area contributed by atoms with Gasteiger partial charge in [0.05, 0.1) is 6.26 Å². The molecule has 0 atom stereocenters. The van der Waals surface area contributed by atoms with Gasteiger partial charge in [-0.3, -0.25) is 5.10 Å². The van der Waals surface area contributed by atoms with E-state index >= 15 is 0 Å². The molecule has 5 rings (SSSR count). The number of hydrogen-bond donors (Lipinski definition) is 3. The lowest BCUT2D eigenvalue weighted by Gasteiger charge is -2.23. The van der Waals surface area contributed by atoms with Crippen molar-refractivity contribution in [3.63, 3.8) is 0 Å². The second-order valence-electron chi connectivity index (χ2n) is 7.47. The molecule has 1 aliphatic heterocycles. The molecule has 8 nitrogen and oxygen atoms in total. The molecule has 0 amide bonds. The monoisotopic (exact) mass is 392 g/mol. The molecule has 150 valence electrons. The van der Waals surface area contributed by atoms with E-state index < -0.39 is 0 Å². The van der Waals surface area contributed by atoms with Gasteiger partial charge in [-0.15, -0.1) is 0 Å².